The number of rotatable bonds is 6. The number of nitrogens with one attached hydrogen (secondary N) is 1. The van der Waals surface area contributed by atoms with Crippen LogP contribution in [0.5, 0.6) is 0 Å². The molecular formula is C19H14ClF3N2O4S2. The van der Waals surface area contributed by atoms with E-state index in [4.69, 9.17) is 11.6 Å². The van der Waals surface area contributed by atoms with E-state index in [2.05, 4.69) is 4.98 Å². The first-order valence-electron chi connectivity index (χ1n) is 8.53. The number of sulfone groups is 1. The molecule has 164 valence electrons. The Morgan fingerprint density at radius 1 is 0.903 bits per heavy atom. The molecule has 0 amide bonds. The quantitative estimate of drug-likeness (QED) is 0.526. The fourth-order valence-corrected chi connectivity index (χ4v) is 5.39. The summed E-state index contributed by atoms with van der Waals surface area (Å²) in [6.07, 6.45) is -3.77. The van der Waals surface area contributed by atoms with E-state index in [-0.39, 0.29) is 16.6 Å². The summed E-state index contributed by atoms with van der Waals surface area (Å²) in [5.74, 6) is 0. The van der Waals surface area contributed by atoms with Crippen LogP contribution in [0.1, 0.15) is 11.1 Å². The van der Waals surface area contributed by atoms with Gasteiger partial charge in [-0.15, -0.1) is 0 Å². The number of alkyl halides is 3. The molecule has 0 saturated heterocycles. The molecule has 3 rings (SSSR count). The topological polar surface area (TPSA) is 93.2 Å². The van der Waals surface area contributed by atoms with Gasteiger partial charge in [-0.3, -0.25) is 0 Å². The van der Waals surface area contributed by atoms with Crippen LogP contribution < -0.4 is 4.72 Å². The summed E-state index contributed by atoms with van der Waals surface area (Å²) in [5.41, 5.74) is -1.14. The summed E-state index contributed by atoms with van der Waals surface area (Å²) in [7, 11) is -8.98. The van der Waals surface area contributed by atoms with Crippen molar-refractivity contribution in [3.8, 4) is 0 Å². The molecular weight excluding hydrogens is 477 g/mol. The number of halogens is 4. The number of pyridine rings is 1. The second-order valence-corrected chi connectivity index (χ2v) is 10.4. The maximum absolute atomic E-state index is 13.5. The number of hydrogen-bond acceptors (Lipinski definition) is 5. The Bertz CT molecular complexity index is 1300. The first kappa shape index (κ1) is 23.2. The number of aromatic nitrogens is 1. The summed E-state index contributed by atoms with van der Waals surface area (Å²) in [4.78, 5) is 1.80. The normalized spacial score (nSPS) is 12.6. The molecule has 0 unspecified atom stereocenters. The summed E-state index contributed by atoms with van der Waals surface area (Å²) < 4.78 is 93.4. The van der Waals surface area contributed by atoms with Crippen molar-refractivity contribution in [2.45, 2.75) is 27.4 Å². The van der Waals surface area contributed by atoms with Crippen molar-refractivity contribution in [1.29, 1.82) is 0 Å². The van der Waals surface area contributed by atoms with E-state index >= 15 is 0 Å². The molecule has 0 radical (unpaired) electrons. The minimum Gasteiger partial charge on any atom is -0.244 e. The van der Waals surface area contributed by atoms with Crippen molar-refractivity contribution in [3.05, 3.63) is 83.1 Å². The van der Waals surface area contributed by atoms with Crippen LogP contribution in [-0.4, -0.2) is 21.8 Å². The van der Waals surface area contributed by atoms with Crippen molar-refractivity contribution in [3.63, 3.8) is 0 Å². The third-order valence-corrected chi connectivity index (χ3v) is 7.60. The lowest BCUT2D eigenvalue weighted by atomic mass is 10.2. The molecule has 0 atom stereocenters. The zero-order valence-electron chi connectivity index (χ0n) is 15.5. The van der Waals surface area contributed by atoms with Gasteiger partial charge in [-0.05, 0) is 42.0 Å². The first-order valence-corrected chi connectivity index (χ1v) is 11.9. The van der Waals surface area contributed by atoms with Gasteiger partial charge in [-0.2, -0.15) is 13.2 Å². The number of sulfonamides is 1. The van der Waals surface area contributed by atoms with Crippen LogP contribution in [0.4, 0.5) is 13.2 Å². The lowest BCUT2D eigenvalue weighted by Crippen LogP contribution is -2.26. The SMILES string of the molecule is O=S(=O)(NCc1ccc(Cl)nc1)c1cc(S(=O)(=O)c2ccccc2)ccc1C(F)(F)F. The van der Waals surface area contributed by atoms with Crippen LogP contribution in [0.3, 0.4) is 0 Å². The largest absolute Gasteiger partial charge is 0.417 e. The van der Waals surface area contributed by atoms with Crippen molar-refractivity contribution in [1.82, 2.24) is 9.71 Å². The van der Waals surface area contributed by atoms with Gasteiger partial charge in [0, 0.05) is 12.7 Å². The molecule has 0 fully saturated rings. The zero-order chi connectivity index (χ0) is 22.9. The maximum atomic E-state index is 13.5. The van der Waals surface area contributed by atoms with Crippen molar-refractivity contribution in [2.24, 2.45) is 0 Å². The van der Waals surface area contributed by atoms with Crippen LogP contribution in [0.15, 0.2) is 81.5 Å². The monoisotopic (exact) mass is 490 g/mol. The molecule has 12 heteroatoms. The Morgan fingerprint density at radius 3 is 2.16 bits per heavy atom. The highest BCUT2D eigenvalue weighted by atomic mass is 35.5. The molecule has 0 aliphatic heterocycles. The minimum atomic E-state index is -5.03. The lowest BCUT2D eigenvalue weighted by Gasteiger charge is -2.16. The van der Waals surface area contributed by atoms with Gasteiger partial charge in [0.2, 0.25) is 19.9 Å². The summed E-state index contributed by atoms with van der Waals surface area (Å²) in [6, 6.07) is 11.5. The molecule has 0 bridgehead atoms. The average molecular weight is 491 g/mol. The fraction of sp³-hybridized carbons (Fsp3) is 0.105. The third kappa shape index (κ3) is 5.24. The molecule has 6 nitrogen and oxygen atoms in total. The Kier molecular flexibility index (Phi) is 6.42. The third-order valence-electron chi connectivity index (χ3n) is 4.17. The van der Waals surface area contributed by atoms with Crippen molar-refractivity contribution < 1.29 is 30.0 Å². The molecule has 2 aromatic carbocycles. The average Bonchev–Trinajstić information content (AvgIpc) is 2.73. The Morgan fingerprint density at radius 2 is 1.58 bits per heavy atom. The van der Waals surface area contributed by atoms with Crippen LogP contribution >= 0.6 is 11.6 Å². The van der Waals surface area contributed by atoms with E-state index in [0.29, 0.717) is 17.7 Å². The molecule has 1 heterocycles. The van der Waals surface area contributed by atoms with Crippen LogP contribution in [0, 0.1) is 0 Å². The lowest BCUT2D eigenvalue weighted by molar-refractivity contribution is -0.139. The van der Waals surface area contributed by atoms with Gasteiger partial charge in [0.25, 0.3) is 0 Å². The molecule has 3 aromatic rings. The highest BCUT2D eigenvalue weighted by molar-refractivity contribution is 7.91. The minimum absolute atomic E-state index is 0.157. The summed E-state index contributed by atoms with van der Waals surface area (Å²) >= 11 is 5.65. The fourth-order valence-electron chi connectivity index (χ4n) is 2.63. The van der Waals surface area contributed by atoms with Gasteiger partial charge in [-0.25, -0.2) is 26.5 Å². The zero-order valence-corrected chi connectivity index (χ0v) is 17.9. The van der Waals surface area contributed by atoms with Gasteiger partial charge < -0.3 is 0 Å². The predicted octanol–water partition coefficient (Wildman–Crippen LogP) is 4.07. The highest BCUT2D eigenvalue weighted by Gasteiger charge is 2.38. The van der Waals surface area contributed by atoms with Crippen LogP contribution in [-0.2, 0) is 32.6 Å². The number of hydrogen-bond donors (Lipinski definition) is 1. The second kappa shape index (κ2) is 8.58. The van der Waals surface area contributed by atoms with Gasteiger partial charge >= 0.3 is 6.18 Å². The van der Waals surface area contributed by atoms with E-state index < -0.39 is 41.4 Å². The maximum Gasteiger partial charge on any atom is 0.417 e. The van der Waals surface area contributed by atoms with E-state index in [0.717, 1.165) is 6.07 Å². The van der Waals surface area contributed by atoms with Crippen molar-refractivity contribution in [2.75, 3.05) is 0 Å². The first-order chi connectivity index (χ1) is 14.4. The van der Waals surface area contributed by atoms with Gasteiger partial charge in [0.05, 0.1) is 20.2 Å². The second-order valence-electron chi connectivity index (χ2n) is 6.29. The molecule has 0 saturated carbocycles. The predicted molar refractivity (Wildman–Crippen MR) is 107 cm³/mol. The molecule has 31 heavy (non-hydrogen) atoms. The molecule has 0 aliphatic rings. The van der Waals surface area contributed by atoms with E-state index in [1.807, 2.05) is 4.72 Å². The van der Waals surface area contributed by atoms with E-state index in [1.54, 1.807) is 6.07 Å². The number of benzene rings is 2. The van der Waals surface area contributed by atoms with Crippen LogP contribution in [0.25, 0.3) is 0 Å². The smallest absolute Gasteiger partial charge is 0.244 e. The molecule has 0 spiro atoms. The standard InChI is InChI=1S/C19H14ClF3N2O4S2/c20-18-9-6-13(11-24-18)12-25-31(28,29)17-10-15(7-8-16(17)19(21,22)23)30(26,27)14-4-2-1-3-5-14/h1-11,25H,12H2. The molecule has 0 aliphatic carbocycles. The van der Waals surface area contributed by atoms with E-state index in [9.17, 15) is 30.0 Å². The van der Waals surface area contributed by atoms with Crippen molar-refractivity contribution >= 4 is 31.5 Å². The van der Waals surface area contributed by atoms with Gasteiger partial charge in [0.15, 0.2) is 0 Å². The van der Waals surface area contributed by atoms with Gasteiger partial charge in [-0.1, -0.05) is 35.9 Å². The Balaban J connectivity index is 2.06. The Hall–Kier alpha value is -2.47. The summed E-state index contributed by atoms with van der Waals surface area (Å²) in [5, 5.41) is 0.157. The van der Waals surface area contributed by atoms with E-state index in [1.165, 1.54) is 42.6 Å². The summed E-state index contributed by atoms with van der Waals surface area (Å²) in [6.45, 7) is -0.376. The van der Waals surface area contributed by atoms with Crippen LogP contribution in [0.2, 0.25) is 5.15 Å². The van der Waals surface area contributed by atoms with Gasteiger partial charge in [0.1, 0.15) is 5.15 Å². The molecule has 1 aromatic heterocycles. The number of nitrogens with zero attached hydrogens (tertiary/aromatic N) is 1. The highest BCUT2D eigenvalue weighted by Crippen LogP contribution is 2.36. The molecule has 1 N–H and O–H groups in total. The Labute approximate surface area is 181 Å².